The molecule has 0 aromatic heterocycles. The number of allylic oxidation sites excluding steroid dienone is 4. The number of carbonyl (C=O) groups excluding carboxylic acids is 4. The van der Waals surface area contributed by atoms with Crippen LogP contribution in [0.25, 0.3) is 0 Å². The number of hydrogen-bond acceptors (Lipinski definition) is 11. The third-order valence-electron chi connectivity index (χ3n) is 17.1. The summed E-state index contributed by atoms with van der Waals surface area (Å²) in [5, 5.41) is 12.1. The van der Waals surface area contributed by atoms with Crippen molar-refractivity contribution < 1.29 is 52.3 Å². The van der Waals surface area contributed by atoms with E-state index in [-0.39, 0.29) is 29.5 Å². The molecule has 83 heavy (non-hydrogen) atoms. The zero-order chi connectivity index (χ0) is 61.0. The minimum absolute atomic E-state index is 0.0549. The summed E-state index contributed by atoms with van der Waals surface area (Å²) >= 11 is 0. The first kappa shape index (κ1) is 76.2. The molecule has 2 rings (SSSR count). The summed E-state index contributed by atoms with van der Waals surface area (Å²) in [4.78, 5) is 52.1. The van der Waals surface area contributed by atoms with Crippen molar-refractivity contribution in [1.82, 2.24) is 21.3 Å². The maximum Gasteiger partial charge on any atom is 0.242 e. The van der Waals surface area contributed by atoms with Crippen molar-refractivity contribution >= 4 is 23.6 Å². The topological polar surface area (TPSA) is 181 Å². The van der Waals surface area contributed by atoms with Crippen LogP contribution in [0.2, 0.25) is 0 Å². The Morgan fingerprint density at radius 1 is 0.434 bits per heavy atom. The molecular weight excluding hydrogens is 1050 g/mol. The van der Waals surface area contributed by atoms with E-state index in [9.17, 15) is 19.2 Å². The lowest BCUT2D eigenvalue weighted by Crippen LogP contribution is -2.47. The van der Waals surface area contributed by atoms with Gasteiger partial charge in [0.15, 0.2) is 0 Å². The van der Waals surface area contributed by atoms with E-state index in [1.54, 1.807) is 22.3 Å². The van der Waals surface area contributed by atoms with Crippen LogP contribution in [0.3, 0.4) is 0 Å². The predicted molar refractivity (Wildman–Crippen MR) is 337 cm³/mol. The monoisotopic (exact) mass is 1170 g/mol. The van der Waals surface area contributed by atoms with Crippen LogP contribution in [0.5, 0.6) is 0 Å². The molecule has 15 nitrogen and oxygen atoms in total. The van der Waals surface area contributed by atoms with Crippen LogP contribution in [0.4, 0.5) is 0 Å². The normalized spacial score (nSPS) is 17.0. The van der Waals surface area contributed by atoms with Gasteiger partial charge in [-0.05, 0) is 151 Å². The molecule has 484 valence electrons. The molecular formula is C68H126N4O11. The second-order valence-electron chi connectivity index (χ2n) is 26.1. The van der Waals surface area contributed by atoms with Crippen molar-refractivity contribution in [3.05, 3.63) is 22.3 Å². The molecule has 0 heterocycles. The van der Waals surface area contributed by atoms with Gasteiger partial charge in [-0.2, -0.15) is 0 Å². The summed E-state index contributed by atoms with van der Waals surface area (Å²) in [5.74, 6) is 1.67. The van der Waals surface area contributed by atoms with E-state index in [1.165, 1.54) is 70.6 Å². The molecule has 0 saturated heterocycles. The molecule has 0 fully saturated rings. The van der Waals surface area contributed by atoms with E-state index in [2.05, 4.69) is 97.4 Å². The largest absolute Gasteiger partial charge is 0.379 e. The van der Waals surface area contributed by atoms with Crippen LogP contribution in [-0.2, 0) is 52.3 Å². The summed E-state index contributed by atoms with van der Waals surface area (Å²) in [7, 11) is 0. The summed E-state index contributed by atoms with van der Waals surface area (Å²) < 4.78 is 38.8. The number of amides is 4. The van der Waals surface area contributed by atoms with Gasteiger partial charge in [0.1, 0.15) is 6.04 Å². The number of carbonyl (C=O) groups is 4. The molecule has 2 aliphatic rings. The lowest BCUT2D eigenvalue weighted by molar-refractivity contribution is -0.129. The fraction of sp³-hybridized carbons (Fsp3) is 0.882. The van der Waals surface area contributed by atoms with E-state index < -0.39 is 6.04 Å². The Morgan fingerprint density at radius 2 is 0.831 bits per heavy atom. The Labute approximate surface area is 506 Å². The molecule has 0 radical (unpaired) electrons. The maximum atomic E-state index is 13.6. The first-order valence-corrected chi connectivity index (χ1v) is 33.4. The Kier molecular flexibility index (Phi) is 43.3. The van der Waals surface area contributed by atoms with Gasteiger partial charge in [-0.25, -0.2) is 0 Å². The van der Waals surface area contributed by atoms with E-state index in [0.717, 1.165) is 51.6 Å². The van der Waals surface area contributed by atoms with Gasteiger partial charge in [0.2, 0.25) is 23.6 Å². The molecule has 4 amide bonds. The van der Waals surface area contributed by atoms with Gasteiger partial charge in [-0.3, -0.25) is 19.2 Å². The van der Waals surface area contributed by atoms with Gasteiger partial charge in [-0.15, -0.1) is 0 Å². The molecule has 0 bridgehead atoms. The number of hydrogen-bond donors (Lipinski definition) is 4. The fourth-order valence-corrected chi connectivity index (χ4v) is 11.9. The molecule has 4 N–H and O–H groups in total. The third kappa shape index (κ3) is 38.8. The quantitative estimate of drug-likeness (QED) is 0.0336. The van der Waals surface area contributed by atoms with E-state index in [0.29, 0.717) is 179 Å². The summed E-state index contributed by atoms with van der Waals surface area (Å²) in [6.07, 6.45) is 24.8. The Bertz CT molecular complexity index is 1790. The minimum Gasteiger partial charge on any atom is -0.379 e. The minimum atomic E-state index is -0.639. The number of nitrogens with one attached hydrogen (secondary N) is 4. The molecule has 0 aliphatic heterocycles. The van der Waals surface area contributed by atoms with Crippen LogP contribution in [0.1, 0.15) is 237 Å². The average Bonchev–Trinajstić information content (AvgIpc) is 3.62. The van der Waals surface area contributed by atoms with Gasteiger partial charge >= 0.3 is 0 Å². The summed E-state index contributed by atoms with van der Waals surface area (Å²) in [6, 6.07) is -0.639. The SMILES string of the molecule is CCCOCCOCCOCCOCCC(=O)NCCCOCCOCCOCCCNC(=O)[C@H](CCCCNC(=O)CC(C)CCCC(C)CCC1=C(C)CCCC1(C)C)NC(=O)CC(C)CCCC(C)CCC1=C(C)CCCC1(C)C. The summed E-state index contributed by atoms with van der Waals surface area (Å²) in [6.45, 7) is 33.9. The Hall–Kier alpha value is -2.92. The molecule has 0 spiro atoms. The highest BCUT2D eigenvalue weighted by atomic mass is 16.6. The van der Waals surface area contributed by atoms with Gasteiger partial charge in [0.25, 0.3) is 0 Å². The molecule has 15 heteroatoms. The van der Waals surface area contributed by atoms with Crippen LogP contribution in [0.15, 0.2) is 22.3 Å². The van der Waals surface area contributed by atoms with Crippen molar-refractivity contribution in [1.29, 1.82) is 0 Å². The number of unbranched alkanes of at least 4 members (excludes halogenated alkanes) is 1. The first-order valence-electron chi connectivity index (χ1n) is 33.4. The lowest BCUT2D eigenvalue weighted by Gasteiger charge is -2.35. The Morgan fingerprint density at radius 3 is 1.30 bits per heavy atom. The average molecular weight is 1180 g/mol. The van der Waals surface area contributed by atoms with Crippen LogP contribution in [-0.4, -0.2) is 142 Å². The highest BCUT2D eigenvalue weighted by molar-refractivity contribution is 5.87. The second kappa shape index (κ2) is 47.2. The number of ether oxygens (including phenoxy) is 7. The van der Waals surface area contributed by atoms with Crippen molar-refractivity contribution in [2.75, 3.05) is 112 Å². The van der Waals surface area contributed by atoms with E-state index in [4.69, 9.17) is 33.2 Å². The number of rotatable bonds is 53. The Balaban J connectivity index is 1.63. The van der Waals surface area contributed by atoms with Crippen molar-refractivity contribution in [3.63, 3.8) is 0 Å². The second-order valence-corrected chi connectivity index (χ2v) is 26.1. The molecule has 0 aromatic carbocycles. The zero-order valence-corrected chi connectivity index (χ0v) is 55.1. The van der Waals surface area contributed by atoms with Crippen LogP contribution >= 0.6 is 0 Å². The maximum absolute atomic E-state index is 13.6. The molecule has 2 aliphatic carbocycles. The lowest BCUT2D eigenvalue weighted by atomic mass is 9.70. The molecule has 4 unspecified atom stereocenters. The molecule has 0 aromatic rings. The van der Waals surface area contributed by atoms with Gasteiger partial charge < -0.3 is 54.4 Å². The van der Waals surface area contributed by atoms with Gasteiger partial charge in [0.05, 0.1) is 72.7 Å². The molecule has 5 atom stereocenters. The third-order valence-corrected chi connectivity index (χ3v) is 17.1. The summed E-state index contributed by atoms with van der Waals surface area (Å²) in [5.41, 5.74) is 7.27. The van der Waals surface area contributed by atoms with E-state index in [1.807, 2.05) is 0 Å². The standard InChI is InChI=1S/C68H126N4O11/c1-12-38-77-42-46-81-50-51-83-49-45-80-41-32-63(73)69-36-19-39-78-43-47-82-48-44-79-40-20-37-71-66(76)62(72-65(75)53-57(5)24-16-22-55(3)29-31-61-59(7)26-18-34-68(61,10)11)27-13-14-35-70-64(74)52-56(4)23-15-21-54(2)28-30-60-58(6)25-17-33-67(60,8)9/h54-57,62H,12-53H2,1-11H3,(H,69,73)(H,70,74)(H,71,76)(H,72,75)/t54?,55?,56?,57?,62-/m0/s1. The molecule has 0 saturated carbocycles. The van der Waals surface area contributed by atoms with E-state index >= 15 is 0 Å². The van der Waals surface area contributed by atoms with Gasteiger partial charge in [0, 0.05) is 58.7 Å². The van der Waals surface area contributed by atoms with Crippen molar-refractivity contribution in [2.45, 2.75) is 243 Å². The smallest absolute Gasteiger partial charge is 0.242 e. The van der Waals surface area contributed by atoms with Crippen LogP contribution < -0.4 is 21.3 Å². The first-order chi connectivity index (χ1) is 39.8. The van der Waals surface area contributed by atoms with Crippen molar-refractivity contribution in [3.8, 4) is 0 Å². The highest BCUT2D eigenvalue weighted by Crippen LogP contribution is 2.44. The van der Waals surface area contributed by atoms with Crippen molar-refractivity contribution in [2.24, 2.45) is 34.5 Å². The fourth-order valence-electron chi connectivity index (χ4n) is 11.9. The zero-order valence-electron chi connectivity index (χ0n) is 55.1. The highest BCUT2D eigenvalue weighted by Gasteiger charge is 2.30. The van der Waals surface area contributed by atoms with Crippen LogP contribution in [0, 0.1) is 34.5 Å². The van der Waals surface area contributed by atoms with Gasteiger partial charge in [-0.1, -0.05) is 123 Å². The predicted octanol–water partition coefficient (Wildman–Crippen LogP) is 13.0.